The number of nitrogens with zero attached hydrogens (tertiary/aromatic N) is 1. The Hall–Kier alpha value is -0.973. The van der Waals surface area contributed by atoms with Crippen molar-refractivity contribution in [1.82, 2.24) is 4.98 Å². The average Bonchev–Trinajstić information content (AvgIpc) is 3.37. The maximum absolute atomic E-state index is 13.4. The van der Waals surface area contributed by atoms with Crippen molar-refractivity contribution in [2.24, 2.45) is 5.41 Å². The van der Waals surface area contributed by atoms with Crippen LogP contribution >= 0.6 is 22.6 Å². The van der Waals surface area contributed by atoms with Gasteiger partial charge in [0.15, 0.2) is 8.32 Å². The second-order valence-electron chi connectivity index (χ2n) is 14.3. The predicted octanol–water partition coefficient (Wildman–Crippen LogP) is 10.0. The monoisotopic (exact) mass is 685 g/mol. The number of hydrogen-bond acceptors (Lipinski definition) is 3. The first kappa shape index (κ1) is 30.5. The third kappa shape index (κ3) is 5.10. The first-order valence-electron chi connectivity index (χ1n) is 14.6. The molecule has 4 atom stereocenters. The van der Waals surface area contributed by atoms with Crippen LogP contribution in [-0.4, -0.2) is 17.2 Å². The normalized spacial score (nSPS) is 28.1. The Balaban J connectivity index is 1.75. The molecule has 1 saturated carbocycles. The van der Waals surface area contributed by atoms with E-state index >= 15 is 0 Å². The molecule has 2 aromatic rings. The van der Waals surface area contributed by atoms with Crippen LogP contribution in [0.2, 0.25) is 18.1 Å². The minimum absolute atomic E-state index is 0.0468. The molecular formula is C32H43F3INO2Si. The van der Waals surface area contributed by atoms with Gasteiger partial charge < -0.3 is 9.16 Å². The van der Waals surface area contributed by atoms with Crippen LogP contribution in [0.3, 0.4) is 0 Å². The fourth-order valence-electron chi connectivity index (χ4n) is 6.73. The van der Waals surface area contributed by atoms with Crippen LogP contribution < -0.4 is 0 Å². The standard InChI is InChI=1S/C32H43F3INO2Si/c1-9-21-26-27(25-22(37-21)17-30(5,6)18-23(25)39-40(7,8)29(2,3)4)31(16-10-11-24(31)36)38-28(26)19-12-14-20(15-13-19)32(33,34)35/h12-15,23-24,28H,9-11,16-18H2,1-8H3. The first-order valence-corrected chi connectivity index (χ1v) is 18.8. The highest BCUT2D eigenvalue weighted by Gasteiger charge is 2.57. The van der Waals surface area contributed by atoms with Crippen LogP contribution in [0, 0.1) is 5.41 Å². The van der Waals surface area contributed by atoms with E-state index in [1.807, 2.05) is 0 Å². The third-order valence-electron chi connectivity index (χ3n) is 9.78. The van der Waals surface area contributed by atoms with E-state index in [1.165, 1.54) is 23.3 Å². The number of fused-ring (bicyclic) bond motifs is 4. The second kappa shape index (κ2) is 10.0. The lowest BCUT2D eigenvalue weighted by atomic mass is 9.70. The smallest absolute Gasteiger partial charge is 0.410 e. The van der Waals surface area contributed by atoms with Crippen molar-refractivity contribution in [2.45, 2.75) is 126 Å². The molecule has 0 radical (unpaired) electrons. The van der Waals surface area contributed by atoms with Gasteiger partial charge in [-0.1, -0.05) is 76.3 Å². The molecule has 0 amide bonds. The molecule has 0 N–H and O–H groups in total. The fourth-order valence-corrected chi connectivity index (χ4v) is 9.20. The molecule has 1 aromatic carbocycles. The van der Waals surface area contributed by atoms with Crippen molar-refractivity contribution in [3.05, 3.63) is 63.5 Å². The highest BCUT2D eigenvalue weighted by molar-refractivity contribution is 14.1. The summed E-state index contributed by atoms with van der Waals surface area (Å²) in [5, 5.41) is 0.0603. The van der Waals surface area contributed by atoms with Gasteiger partial charge in [0.25, 0.3) is 0 Å². The Morgan fingerprint density at radius 3 is 2.27 bits per heavy atom. The molecular weight excluding hydrogens is 642 g/mol. The summed E-state index contributed by atoms with van der Waals surface area (Å²) in [7, 11) is -2.13. The summed E-state index contributed by atoms with van der Waals surface area (Å²) >= 11 is 2.56. The molecule has 1 aromatic heterocycles. The van der Waals surface area contributed by atoms with Gasteiger partial charge in [0.05, 0.1) is 11.7 Å². The predicted molar refractivity (Wildman–Crippen MR) is 164 cm³/mol. The summed E-state index contributed by atoms with van der Waals surface area (Å²) in [6.45, 7) is 18.2. The summed E-state index contributed by atoms with van der Waals surface area (Å²) in [6.07, 6.45) is 0.663. The molecule has 0 saturated heterocycles. The molecule has 8 heteroatoms. The van der Waals surface area contributed by atoms with Gasteiger partial charge in [-0.2, -0.15) is 13.2 Å². The van der Waals surface area contributed by atoms with Crippen LogP contribution in [0.25, 0.3) is 0 Å². The molecule has 1 spiro atoms. The molecule has 220 valence electrons. The van der Waals surface area contributed by atoms with Gasteiger partial charge >= 0.3 is 6.18 Å². The third-order valence-corrected chi connectivity index (χ3v) is 15.9. The first-order chi connectivity index (χ1) is 18.4. The summed E-state index contributed by atoms with van der Waals surface area (Å²) in [6, 6.07) is 5.56. The zero-order valence-electron chi connectivity index (χ0n) is 25.1. The lowest BCUT2D eigenvalue weighted by molar-refractivity contribution is -0.137. The Labute approximate surface area is 252 Å². The van der Waals surface area contributed by atoms with Crippen LogP contribution in [0.5, 0.6) is 0 Å². The molecule has 3 aliphatic rings. The van der Waals surface area contributed by atoms with Crippen LogP contribution in [0.4, 0.5) is 13.2 Å². The maximum Gasteiger partial charge on any atom is 0.416 e. The zero-order chi connectivity index (χ0) is 29.5. The number of hydrogen-bond donors (Lipinski definition) is 0. The molecule has 3 nitrogen and oxygen atoms in total. The van der Waals surface area contributed by atoms with Crippen molar-refractivity contribution in [1.29, 1.82) is 0 Å². The molecule has 0 bridgehead atoms. The van der Waals surface area contributed by atoms with Crippen LogP contribution in [0.1, 0.15) is 119 Å². The molecule has 1 aliphatic heterocycles. The Bertz CT molecular complexity index is 1290. The quantitative estimate of drug-likeness (QED) is 0.182. The van der Waals surface area contributed by atoms with E-state index in [9.17, 15) is 13.2 Å². The molecule has 5 rings (SSSR count). The maximum atomic E-state index is 13.4. The van der Waals surface area contributed by atoms with Gasteiger partial charge in [-0.15, -0.1) is 0 Å². The highest BCUT2D eigenvalue weighted by Crippen LogP contribution is 2.61. The van der Waals surface area contributed by atoms with Gasteiger partial charge in [-0.3, -0.25) is 4.98 Å². The van der Waals surface area contributed by atoms with E-state index in [-0.39, 0.29) is 20.5 Å². The van der Waals surface area contributed by atoms with Gasteiger partial charge in [-0.25, -0.2) is 0 Å². The summed E-state index contributed by atoms with van der Waals surface area (Å²) < 4.78 is 54.9. The molecule has 2 heterocycles. The number of alkyl halides is 4. The zero-order valence-corrected chi connectivity index (χ0v) is 28.2. The van der Waals surface area contributed by atoms with Crippen LogP contribution in [0.15, 0.2) is 24.3 Å². The van der Waals surface area contributed by atoms with E-state index in [2.05, 4.69) is 77.2 Å². The minimum Gasteiger partial charge on any atom is -0.410 e. The minimum atomic E-state index is -4.37. The van der Waals surface area contributed by atoms with Crippen molar-refractivity contribution in [2.75, 3.05) is 0 Å². The molecule has 4 unspecified atom stereocenters. The summed E-state index contributed by atoms with van der Waals surface area (Å²) in [5.41, 5.74) is 5.36. The fraction of sp³-hybridized carbons (Fsp3) is 0.656. The topological polar surface area (TPSA) is 31.4 Å². The van der Waals surface area contributed by atoms with Crippen LogP contribution in [-0.2, 0) is 33.8 Å². The Kier molecular flexibility index (Phi) is 7.66. The number of ether oxygens (including phenoxy) is 1. The summed E-state index contributed by atoms with van der Waals surface area (Å²) in [4.78, 5) is 5.33. The molecule has 40 heavy (non-hydrogen) atoms. The molecule has 2 aliphatic carbocycles. The van der Waals surface area contributed by atoms with E-state index in [4.69, 9.17) is 14.1 Å². The number of pyridine rings is 1. The van der Waals surface area contributed by atoms with Crippen molar-refractivity contribution in [3.63, 3.8) is 0 Å². The number of aromatic nitrogens is 1. The number of benzene rings is 1. The largest absolute Gasteiger partial charge is 0.416 e. The number of halogens is 4. The summed E-state index contributed by atoms with van der Waals surface area (Å²) in [5.74, 6) is 0. The van der Waals surface area contributed by atoms with Gasteiger partial charge in [0.1, 0.15) is 11.7 Å². The SMILES string of the molecule is CCc1nc2c(c3c1C(c1ccc(C(F)(F)F)cc1)OC31CCCC1I)C(O[Si](C)(C)C(C)(C)C)CC(C)(C)C2. The van der Waals surface area contributed by atoms with Crippen molar-refractivity contribution < 1.29 is 22.3 Å². The van der Waals surface area contributed by atoms with E-state index in [0.717, 1.165) is 61.0 Å². The van der Waals surface area contributed by atoms with Crippen molar-refractivity contribution >= 4 is 30.9 Å². The van der Waals surface area contributed by atoms with E-state index in [1.54, 1.807) is 12.1 Å². The lowest BCUT2D eigenvalue weighted by Gasteiger charge is -2.45. The average molecular weight is 686 g/mol. The van der Waals surface area contributed by atoms with Gasteiger partial charge in [0.2, 0.25) is 0 Å². The van der Waals surface area contributed by atoms with E-state index in [0.29, 0.717) is 0 Å². The highest BCUT2D eigenvalue weighted by atomic mass is 127. The van der Waals surface area contributed by atoms with Gasteiger partial charge in [0, 0.05) is 32.0 Å². The Morgan fingerprint density at radius 1 is 1.10 bits per heavy atom. The Morgan fingerprint density at radius 2 is 1.75 bits per heavy atom. The number of rotatable bonds is 4. The van der Waals surface area contributed by atoms with Crippen molar-refractivity contribution in [3.8, 4) is 0 Å². The second-order valence-corrected chi connectivity index (χ2v) is 20.6. The lowest BCUT2D eigenvalue weighted by Crippen LogP contribution is -2.44. The van der Waals surface area contributed by atoms with E-state index < -0.39 is 31.8 Å². The molecule has 1 fully saturated rings. The number of aryl methyl sites for hydroxylation is 1. The van der Waals surface area contributed by atoms with Gasteiger partial charge in [-0.05, 0) is 79.8 Å².